The Morgan fingerprint density at radius 2 is 1.71 bits per heavy atom. The van der Waals surface area contributed by atoms with E-state index >= 15 is 0 Å². The van der Waals surface area contributed by atoms with Crippen molar-refractivity contribution < 1.29 is 18.0 Å². The largest absolute Gasteiger partial charge is 0.417 e. The summed E-state index contributed by atoms with van der Waals surface area (Å²) in [6, 6.07) is 15.6. The van der Waals surface area contributed by atoms with Crippen molar-refractivity contribution in [3.63, 3.8) is 0 Å². The fraction of sp³-hybridized carbons (Fsp3) is 0.0870. The Labute approximate surface area is 174 Å². The Hall–Kier alpha value is -3.94. The topological polar surface area (TPSA) is 64.0 Å². The number of alkyl halides is 3. The van der Waals surface area contributed by atoms with Crippen LogP contribution in [0.2, 0.25) is 0 Å². The molecule has 0 saturated heterocycles. The first-order chi connectivity index (χ1) is 14.8. The molecule has 0 aliphatic heterocycles. The van der Waals surface area contributed by atoms with Gasteiger partial charge in [0.25, 0.3) is 5.91 Å². The highest BCUT2D eigenvalue weighted by Gasteiger charge is 2.34. The molecule has 5 nitrogen and oxygen atoms in total. The van der Waals surface area contributed by atoms with Crippen molar-refractivity contribution >= 4 is 22.6 Å². The van der Waals surface area contributed by atoms with Crippen LogP contribution in [0.3, 0.4) is 0 Å². The van der Waals surface area contributed by atoms with Gasteiger partial charge in [-0.2, -0.15) is 13.2 Å². The van der Waals surface area contributed by atoms with E-state index in [9.17, 15) is 22.8 Å². The summed E-state index contributed by atoms with van der Waals surface area (Å²) in [6.45, 7) is 0. The van der Waals surface area contributed by atoms with Gasteiger partial charge in [0, 0.05) is 30.4 Å². The molecule has 0 radical (unpaired) electrons. The smallest absolute Gasteiger partial charge is 0.350 e. The van der Waals surface area contributed by atoms with Crippen LogP contribution in [-0.4, -0.2) is 15.5 Å². The third kappa shape index (κ3) is 3.92. The zero-order chi connectivity index (χ0) is 22.2. The highest BCUT2D eigenvalue weighted by Crippen LogP contribution is 2.37. The maximum absolute atomic E-state index is 13.7. The number of nitrogens with one attached hydrogen (secondary N) is 1. The predicted molar refractivity (Wildman–Crippen MR) is 112 cm³/mol. The van der Waals surface area contributed by atoms with Crippen molar-refractivity contribution in [2.45, 2.75) is 6.18 Å². The number of carbonyl (C=O) groups excluding carboxylic acids is 1. The van der Waals surface area contributed by atoms with Crippen LogP contribution in [0.25, 0.3) is 22.0 Å². The van der Waals surface area contributed by atoms with Gasteiger partial charge in [0.05, 0.1) is 11.1 Å². The van der Waals surface area contributed by atoms with E-state index in [-0.39, 0.29) is 16.9 Å². The molecule has 4 aromatic rings. The maximum atomic E-state index is 13.7. The molecule has 0 aliphatic carbocycles. The van der Waals surface area contributed by atoms with Crippen molar-refractivity contribution in [1.29, 1.82) is 0 Å². The lowest BCUT2D eigenvalue weighted by molar-refractivity contribution is -0.137. The number of fused-ring (bicyclic) bond motifs is 1. The molecule has 0 fully saturated rings. The van der Waals surface area contributed by atoms with Gasteiger partial charge in [-0.3, -0.25) is 9.59 Å². The molecule has 1 amide bonds. The highest BCUT2D eigenvalue weighted by atomic mass is 19.4. The van der Waals surface area contributed by atoms with Crippen LogP contribution in [0.5, 0.6) is 0 Å². The van der Waals surface area contributed by atoms with Gasteiger partial charge >= 0.3 is 6.18 Å². The number of carbonyl (C=O) groups is 1. The average molecular weight is 423 g/mol. The Bertz CT molecular complexity index is 1350. The fourth-order valence-corrected chi connectivity index (χ4v) is 3.39. The number of anilines is 1. The number of halogens is 3. The van der Waals surface area contributed by atoms with Crippen LogP contribution in [0.4, 0.5) is 19.0 Å². The lowest BCUT2D eigenvalue weighted by Crippen LogP contribution is -2.24. The summed E-state index contributed by atoms with van der Waals surface area (Å²) in [4.78, 5) is 29.4. The molecule has 2 heterocycles. The Morgan fingerprint density at radius 3 is 2.42 bits per heavy atom. The molecule has 8 heteroatoms. The van der Waals surface area contributed by atoms with Crippen molar-refractivity contribution in [3.8, 4) is 11.1 Å². The van der Waals surface area contributed by atoms with E-state index < -0.39 is 23.1 Å². The van der Waals surface area contributed by atoms with Crippen molar-refractivity contribution in [2.24, 2.45) is 7.05 Å². The van der Waals surface area contributed by atoms with Gasteiger partial charge in [-0.15, -0.1) is 0 Å². The van der Waals surface area contributed by atoms with E-state index in [1.54, 1.807) is 66.2 Å². The number of hydrogen-bond acceptors (Lipinski definition) is 3. The summed E-state index contributed by atoms with van der Waals surface area (Å²) in [5, 5.41) is 2.65. The summed E-state index contributed by atoms with van der Waals surface area (Å²) in [6.07, 6.45) is -2.25. The summed E-state index contributed by atoms with van der Waals surface area (Å²) in [5.74, 6) is -1.13. The normalized spacial score (nSPS) is 11.5. The van der Waals surface area contributed by atoms with Gasteiger partial charge in [0.15, 0.2) is 0 Å². The number of nitrogens with zero attached hydrogens (tertiary/aromatic N) is 2. The fourth-order valence-electron chi connectivity index (χ4n) is 3.39. The number of para-hydroxylation sites is 1. The van der Waals surface area contributed by atoms with Crippen LogP contribution in [0, 0.1) is 0 Å². The van der Waals surface area contributed by atoms with E-state index in [0.717, 1.165) is 12.3 Å². The lowest BCUT2D eigenvalue weighted by Gasteiger charge is -2.15. The number of aryl methyl sites for hydroxylation is 1. The summed E-state index contributed by atoms with van der Waals surface area (Å²) in [5.41, 5.74) is -0.757. The van der Waals surface area contributed by atoms with Crippen LogP contribution in [-0.2, 0) is 13.2 Å². The number of amides is 1. The molecule has 156 valence electrons. The van der Waals surface area contributed by atoms with E-state index in [1.165, 1.54) is 6.20 Å². The second-order valence-corrected chi connectivity index (χ2v) is 6.93. The molecule has 0 unspecified atom stereocenters. The van der Waals surface area contributed by atoms with E-state index in [2.05, 4.69) is 10.3 Å². The van der Waals surface area contributed by atoms with Gasteiger partial charge in [-0.1, -0.05) is 42.5 Å². The standard InChI is InChI=1S/C23H16F3N3O2/c1-29-13-17(21(30)15-9-5-6-10-19(15)29)22(31)28-20-11-18(23(24,25)26)16(12-27-20)14-7-3-2-4-8-14/h2-13H,1H3,(H,27,28,31). The average Bonchev–Trinajstić information content (AvgIpc) is 2.76. The summed E-state index contributed by atoms with van der Waals surface area (Å²) >= 11 is 0. The zero-order valence-electron chi connectivity index (χ0n) is 16.3. The predicted octanol–water partition coefficient (Wildman–Crippen LogP) is 4.87. The van der Waals surface area contributed by atoms with Gasteiger partial charge < -0.3 is 9.88 Å². The highest BCUT2D eigenvalue weighted by molar-refractivity contribution is 6.05. The monoisotopic (exact) mass is 423 g/mol. The summed E-state index contributed by atoms with van der Waals surface area (Å²) in [7, 11) is 1.67. The second kappa shape index (κ2) is 7.71. The van der Waals surface area contributed by atoms with Crippen LogP contribution >= 0.6 is 0 Å². The molecule has 2 aromatic heterocycles. The minimum Gasteiger partial charge on any atom is -0.350 e. The molecule has 0 bridgehead atoms. The first-order valence-electron chi connectivity index (χ1n) is 9.28. The third-order valence-corrected chi connectivity index (χ3v) is 4.88. The molecule has 2 aromatic carbocycles. The van der Waals surface area contributed by atoms with Crippen LogP contribution in [0.1, 0.15) is 15.9 Å². The zero-order valence-corrected chi connectivity index (χ0v) is 16.3. The molecule has 0 spiro atoms. The number of benzene rings is 2. The molecular weight excluding hydrogens is 407 g/mol. The van der Waals surface area contributed by atoms with Crippen LogP contribution < -0.4 is 10.7 Å². The number of rotatable bonds is 3. The van der Waals surface area contributed by atoms with E-state index in [1.807, 2.05) is 0 Å². The molecule has 31 heavy (non-hydrogen) atoms. The molecule has 4 rings (SSSR count). The van der Waals surface area contributed by atoms with E-state index in [0.29, 0.717) is 16.5 Å². The van der Waals surface area contributed by atoms with Crippen molar-refractivity contribution in [3.05, 3.63) is 94.4 Å². The summed E-state index contributed by atoms with van der Waals surface area (Å²) < 4.78 is 42.6. The molecule has 1 N–H and O–H groups in total. The van der Waals surface area contributed by atoms with E-state index in [4.69, 9.17) is 0 Å². The van der Waals surface area contributed by atoms with Gasteiger partial charge in [0.1, 0.15) is 11.4 Å². The minimum absolute atomic E-state index is 0.104. The molecule has 0 aliphatic rings. The van der Waals surface area contributed by atoms with Gasteiger partial charge in [-0.05, 0) is 23.8 Å². The maximum Gasteiger partial charge on any atom is 0.417 e. The third-order valence-electron chi connectivity index (χ3n) is 4.88. The van der Waals surface area contributed by atoms with Crippen LogP contribution in [0.15, 0.2) is 77.9 Å². The second-order valence-electron chi connectivity index (χ2n) is 6.93. The Balaban J connectivity index is 1.73. The van der Waals surface area contributed by atoms with Gasteiger partial charge in [0.2, 0.25) is 5.43 Å². The number of pyridine rings is 2. The number of hydrogen-bond donors (Lipinski definition) is 1. The minimum atomic E-state index is -4.66. The molecule has 0 saturated carbocycles. The first-order valence-corrected chi connectivity index (χ1v) is 9.28. The molecular formula is C23H16F3N3O2. The number of aromatic nitrogens is 2. The quantitative estimate of drug-likeness (QED) is 0.511. The lowest BCUT2D eigenvalue weighted by atomic mass is 10.0. The van der Waals surface area contributed by atoms with Crippen molar-refractivity contribution in [1.82, 2.24) is 9.55 Å². The Kier molecular flexibility index (Phi) is 5.06. The van der Waals surface area contributed by atoms with Crippen molar-refractivity contribution in [2.75, 3.05) is 5.32 Å². The Morgan fingerprint density at radius 1 is 1.03 bits per heavy atom. The first kappa shape index (κ1) is 20.3. The van der Waals surface area contributed by atoms with Gasteiger partial charge in [-0.25, -0.2) is 4.98 Å². The molecule has 0 atom stereocenters. The SMILES string of the molecule is Cn1cc(C(=O)Nc2cc(C(F)(F)F)c(-c3ccccc3)cn2)c(=O)c2ccccc21.